The molecule has 7 rings (SSSR count). The molecule has 0 aliphatic carbocycles. The van der Waals surface area contributed by atoms with Crippen molar-refractivity contribution < 1.29 is 0 Å². The minimum absolute atomic E-state index is 0.974. The molecule has 9 heteroatoms. The van der Waals surface area contributed by atoms with Crippen molar-refractivity contribution in [3.8, 4) is 20.9 Å². The lowest BCUT2D eigenvalue weighted by Gasteiger charge is -2.06. The second-order valence-corrected chi connectivity index (χ2v) is 11.9. The Morgan fingerprint density at radius 2 is 1.26 bits per heavy atom. The molecule has 0 spiro atoms. The van der Waals surface area contributed by atoms with E-state index in [2.05, 4.69) is 65.4 Å². The van der Waals surface area contributed by atoms with E-state index in [9.17, 15) is 0 Å². The van der Waals surface area contributed by atoms with E-state index in [-0.39, 0.29) is 0 Å². The molecule has 0 unspecified atom stereocenters. The first-order chi connectivity index (χ1) is 17.3. The van der Waals surface area contributed by atoms with Crippen LogP contribution in [0, 0.1) is 0 Å². The van der Waals surface area contributed by atoms with Gasteiger partial charge in [-0.15, -0.1) is 22.7 Å². The zero-order chi connectivity index (χ0) is 23.4. The van der Waals surface area contributed by atoms with Gasteiger partial charge in [-0.2, -0.15) is 17.5 Å². The lowest BCUT2D eigenvalue weighted by Crippen LogP contribution is -1.96. The van der Waals surface area contributed by atoms with Gasteiger partial charge in [-0.05, 0) is 30.7 Å². The Morgan fingerprint density at radius 3 is 1.80 bits per heavy atom. The second-order valence-electron chi connectivity index (χ2n) is 8.74. The van der Waals surface area contributed by atoms with E-state index in [1.54, 1.807) is 0 Å². The van der Waals surface area contributed by atoms with Crippen molar-refractivity contribution in [3.63, 3.8) is 0 Å². The Hall–Kier alpha value is -2.72. The lowest BCUT2D eigenvalue weighted by atomic mass is 10.1. The van der Waals surface area contributed by atoms with Gasteiger partial charge in [0, 0.05) is 27.4 Å². The van der Waals surface area contributed by atoms with Crippen LogP contribution in [-0.2, 0) is 6.54 Å². The average molecular weight is 532 g/mol. The number of aryl methyl sites for hydroxylation is 1. The van der Waals surface area contributed by atoms with Crippen molar-refractivity contribution in [3.05, 3.63) is 48.5 Å². The summed E-state index contributed by atoms with van der Waals surface area (Å²) in [6.45, 7) is 3.31. The van der Waals surface area contributed by atoms with Crippen LogP contribution in [0.1, 0.15) is 32.6 Å². The molecular formula is C26H21N5S4. The number of rotatable bonds is 7. The molecule has 2 aromatic carbocycles. The summed E-state index contributed by atoms with van der Waals surface area (Å²) in [5, 5.41) is 0. The molecule has 0 saturated heterocycles. The molecule has 7 aromatic rings. The highest BCUT2D eigenvalue weighted by molar-refractivity contribution is 7.30. The fraction of sp³-hybridized carbons (Fsp3) is 0.231. The predicted octanol–water partition coefficient (Wildman–Crippen LogP) is 8.84. The third-order valence-electron chi connectivity index (χ3n) is 6.55. The number of unbranched alkanes of at least 4 members (excludes halogenated alkanes) is 3. The van der Waals surface area contributed by atoms with Crippen LogP contribution in [0.15, 0.2) is 48.5 Å². The quantitative estimate of drug-likeness (QED) is 0.193. The maximum absolute atomic E-state index is 4.59. The number of fused-ring (bicyclic) bond motifs is 5. The van der Waals surface area contributed by atoms with E-state index in [0.29, 0.717) is 0 Å². The zero-order valence-electron chi connectivity index (χ0n) is 19.0. The fourth-order valence-electron chi connectivity index (χ4n) is 4.83. The maximum Gasteiger partial charge on any atom is 0.113 e. The third kappa shape index (κ3) is 3.52. The van der Waals surface area contributed by atoms with Crippen molar-refractivity contribution in [2.24, 2.45) is 0 Å². The maximum atomic E-state index is 4.59. The highest BCUT2D eigenvalue weighted by Gasteiger charge is 2.21. The molecule has 0 aliphatic rings. The smallest absolute Gasteiger partial charge is 0.113 e. The monoisotopic (exact) mass is 531 g/mol. The first-order valence-electron chi connectivity index (χ1n) is 11.8. The molecule has 5 heterocycles. The van der Waals surface area contributed by atoms with Crippen molar-refractivity contribution in [2.75, 3.05) is 0 Å². The molecule has 174 valence electrons. The van der Waals surface area contributed by atoms with Gasteiger partial charge < -0.3 is 4.57 Å². The number of thiophene rings is 2. The summed E-state index contributed by atoms with van der Waals surface area (Å²) in [5.74, 6) is 0. The van der Waals surface area contributed by atoms with Crippen molar-refractivity contribution in [1.29, 1.82) is 0 Å². The first kappa shape index (κ1) is 21.6. The van der Waals surface area contributed by atoms with Crippen LogP contribution in [0.25, 0.3) is 63.4 Å². The molecule has 0 N–H and O–H groups in total. The molecule has 0 amide bonds. The van der Waals surface area contributed by atoms with Crippen molar-refractivity contribution in [1.82, 2.24) is 22.1 Å². The molecule has 5 aromatic heterocycles. The van der Waals surface area contributed by atoms with Crippen LogP contribution in [0.5, 0.6) is 0 Å². The van der Waals surface area contributed by atoms with Gasteiger partial charge in [-0.3, -0.25) is 0 Å². The fourth-order valence-corrected chi connectivity index (χ4v) is 8.45. The van der Waals surface area contributed by atoms with Gasteiger partial charge in [0.25, 0.3) is 0 Å². The number of hydrogen-bond acceptors (Lipinski definition) is 8. The average Bonchev–Trinajstić information content (AvgIpc) is 3.68. The highest BCUT2D eigenvalue weighted by Crippen LogP contribution is 2.47. The minimum atomic E-state index is 0.974. The van der Waals surface area contributed by atoms with Crippen LogP contribution in [-0.4, -0.2) is 22.1 Å². The molecule has 0 aliphatic heterocycles. The largest absolute Gasteiger partial charge is 0.339 e. The van der Waals surface area contributed by atoms with Crippen LogP contribution in [0.3, 0.4) is 0 Å². The van der Waals surface area contributed by atoms with Crippen LogP contribution in [0.4, 0.5) is 0 Å². The molecule has 0 bridgehead atoms. The molecule has 35 heavy (non-hydrogen) atoms. The molecule has 0 saturated carbocycles. The Labute approximate surface area is 218 Å². The van der Waals surface area contributed by atoms with Gasteiger partial charge in [0.15, 0.2) is 0 Å². The van der Waals surface area contributed by atoms with Gasteiger partial charge in [-0.1, -0.05) is 50.5 Å². The number of nitrogens with zero attached hydrogens (tertiary/aromatic N) is 5. The van der Waals surface area contributed by atoms with Crippen molar-refractivity contribution >= 4 is 88.6 Å². The predicted molar refractivity (Wildman–Crippen MR) is 152 cm³/mol. The van der Waals surface area contributed by atoms with Crippen LogP contribution in [0.2, 0.25) is 0 Å². The van der Waals surface area contributed by atoms with Gasteiger partial charge in [-0.25, -0.2) is 0 Å². The minimum Gasteiger partial charge on any atom is -0.339 e. The summed E-state index contributed by atoms with van der Waals surface area (Å²) in [7, 11) is 0. The van der Waals surface area contributed by atoms with E-state index in [1.165, 1.54) is 90.5 Å². The molecule has 0 radical (unpaired) electrons. The van der Waals surface area contributed by atoms with Gasteiger partial charge in [0.2, 0.25) is 0 Å². The number of benzene rings is 2. The summed E-state index contributed by atoms with van der Waals surface area (Å²) in [6.07, 6.45) is 4.99. The Balaban J connectivity index is 1.42. The third-order valence-corrected chi connectivity index (χ3v) is 10.1. The Bertz CT molecular complexity index is 1690. The topological polar surface area (TPSA) is 56.5 Å². The van der Waals surface area contributed by atoms with Gasteiger partial charge in [0.1, 0.15) is 22.1 Å². The zero-order valence-corrected chi connectivity index (χ0v) is 22.3. The second kappa shape index (κ2) is 8.74. The first-order valence-corrected chi connectivity index (χ1v) is 14.9. The number of aromatic nitrogens is 5. The molecule has 5 nitrogen and oxygen atoms in total. The van der Waals surface area contributed by atoms with E-state index in [4.69, 9.17) is 0 Å². The van der Waals surface area contributed by atoms with E-state index in [1.807, 2.05) is 34.8 Å². The lowest BCUT2D eigenvalue weighted by molar-refractivity contribution is 0.602. The molecular weight excluding hydrogens is 511 g/mol. The highest BCUT2D eigenvalue weighted by atomic mass is 32.1. The summed E-state index contributed by atoms with van der Waals surface area (Å²) >= 11 is 6.33. The Morgan fingerprint density at radius 1 is 0.686 bits per heavy atom. The Kier molecular flexibility index (Phi) is 5.38. The summed E-state index contributed by atoms with van der Waals surface area (Å²) in [6, 6.07) is 17.3. The summed E-state index contributed by atoms with van der Waals surface area (Å²) in [5.41, 5.74) is 8.98. The van der Waals surface area contributed by atoms with Gasteiger partial charge >= 0.3 is 0 Å². The van der Waals surface area contributed by atoms with Crippen LogP contribution >= 0.6 is 46.1 Å². The number of hydrogen-bond donors (Lipinski definition) is 0. The van der Waals surface area contributed by atoms with Gasteiger partial charge in [0.05, 0.1) is 43.9 Å². The normalized spacial score (nSPS) is 12.1. The summed E-state index contributed by atoms with van der Waals surface area (Å²) < 4.78 is 23.4. The van der Waals surface area contributed by atoms with E-state index >= 15 is 0 Å². The molecule has 0 fully saturated rings. The standard InChI is InChI=1S/C26H21N5S4/c1-2-3-4-5-12-31-19-13-21(15-8-6-10-17-23(15)29-34-27-17)32-25(19)26-20(31)14-22(33-26)16-9-7-11-18-24(16)30-35-28-18/h6-11,13-14H,2-5,12H2,1H3. The van der Waals surface area contributed by atoms with E-state index in [0.717, 1.165) is 28.6 Å². The molecule has 0 atom stereocenters. The SMILES string of the molecule is CCCCCCn1c2cc(-c3cccc4nsnc34)sc2c2sc(-c3cccc4nsnc34)cc21. The van der Waals surface area contributed by atoms with Crippen LogP contribution < -0.4 is 0 Å². The van der Waals surface area contributed by atoms with Crippen molar-refractivity contribution in [2.45, 2.75) is 39.2 Å². The van der Waals surface area contributed by atoms with E-state index < -0.39 is 0 Å². The summed E-state index contributed by atoms with van der Waals surface area (Å²) in [4.78, 5) is 2.52.